The molecule has 164 valence electrons. The number of hydrogen-bond acceptors (Lipinski definition) is 0. The molecule has 0 N–H and O–H groups in total. The molecule has 2 aromatic carbocycles. The zero-order valence-electron chi connectivity index (χ0n) is 20.1. The highest BCUT2D eigenvalue weighted by Crippen LogP contribution is 2.61. The van der Waals surface area contributed by atoms with Gasteiger partial charge < -0.3 is 0 Å². The number of hydrogen-bond donors (Lipinski definition) is 0. The maximum atomic E-state index is 4.06. The zero-order valence-corrected chi connectivity index (χ0v) is 20.1. The Labute approximate surface area is 190 Å². The predicted molar refractivity (Wildman–Crippen MR) is 135 cm³/mol. The molecule has 31 heavy (non-hydrogen) atoms. The van der Waals surface area contributed by atoms with Crippen molar-refractivity contribution in [2.24, 2.45) is 5.92 Å². The Bertz CT molecular complexity index is 960. The van der Waals surface area contributed by atoms with Crippen LogP contribution in [0, 0.1) is 12.8 Å². The fraction of sp³-hybridized carbons (Fsp3) is 0.484. The van der Waals surface area contributed by atoms with Crippen molar-refractivity contribution in [3.63, 3.8) is 0 Å². The molecule has 3 atom stereocenters. The maximum absolute atomic E-state index is 4.06. The van der Waals surface area contributed by atoms with Crippen LogP contribution in [0.2, 0.25) is 0 Å². The van der Waals surface area contributed by atoms with Crippen LogP contribution in [0.15, 0.2) is 66.8 Å². The molecule has 1 saturated carbocycles. The number of benzene rings is 2. The first kappa shape index (κ1) is 22.1. The molecule has 0 aliphatic heterocycles. The Balaban J connectivity index is 1.69. The molecule has 0 amide bonds. The van der Waals surface area contributed by atoms with Gasteiger partial charge in [-0.2, -0.15) is 0 Å². The number of aryl methyl sites for hydroxylation is 2. The first-order valence-corrected chi connectivity index (χ1v) is 12.4. The lowest BCUT2D eigenvalue weighted by Crippen LogP contribution is -2.26. The van der Waals surface area contributed by atoms with Crippen molar-refractivity contribution in [3.05, 3.63) is 94.6 Å². The van der Waals surface area contributed by atoms with Crippen molar-refractivity contribution in [1.29, 1.82) is 0 Å². The van der Waals surface area contributed by atoms with E-state index in [0.29, 0.717) is 5.41 Å². The van der Waals surface area contributed by atoms with Crippen molar-refractivity contribution in [2.45, 2.75) is 89.9 Å². The number of allylic oxidation sites excluding steroid dienone is 3. The Morgan fingerprint density at radius 1 is 1.13 bits per heavy atom. The van der Waals surface area contributed by atoms with Crippen LogP contribution >= 0.6 is 0 Å². The smallest absolute Gasteiger partial charge is 0.0177 e. The summed E-state index contributed by atoms with van der Waals surface area (Å²) >= 11 is 0. The third-order valence-corrected chi connectivity index (χ3v) is 8.17. The van der Waals surface area contributed by atoms with Gasteiger partial charge in [-0.1, -0.05) is 86.9 Å². The van der Waals surface area contributed by atoms with E-state index < -0.39 is 0 Å². The largest absolute Gasteiger partial charge is 0.100 e. The van der Waals surface area contributed by atoms with E-state index in [4.69, 9.17) is 0 Å². The summed E-state index contributed by atoms with van der Waals surface area (Å²) in [5.41, 5.74) is 9.21. The average molecular weight is 413 g/mol. The van der Waals surface area contributed by atoms with E-state index in [-0.39, 0.29) is 5.41 Å². The van der Waals surface area contributed by atoms with E-state index in [1.807, 2.05) is 0 Å². The summed E-state index contributed by atoms with van der Waals surface area (Å²) in [7, 11) is 0. The van der Waals surface area contributed by atoms with Gasteiger partial charge in [-0.25, -0.2) is 0 Å². The minimum absolute atomic E-state index is 0.0640. The molecule has 0 heteroatoms. The second-order valence-electron chi connectivity index (χ2n) is 10.6. The molecular formula is C31H40. The molecule has 0 saturated heterocycles. The summed E-state index contributed by atoms with van der Waals surface area (Å²) in [6, 6.07) is 16.9. The molecule has 1 fully saturated rings. The van der Waals surface area contributed by atoms with E-state index in [1.54, 1.807) is 11.1 Å². The summed E-state index contributed by atoms with van der Waals surface area (Å²) in [6.07, 6.45) is 14.5. The normalized spacial score (nSPS) is 23.8. The fourth-order valence-corrected chi connectivity index (χ4v) is 5.85. The van der Waals surface area contributed by atoms with Crippen LogP contribution in [-0.4, -0.2) is 0 Å². The average Bonchev–Trinajstić information content (AvgIpc) is 3.52. The van der Waals surface area contributed by atoms with Crippen molar-refractivity contribution in [2.75, 3.05) is 0 Å². The molecule has 0 aromatic heterocycles. The van der Waals surface area contributed by atoms with Crippen LogP contribution in [0.3, 0.4) is 0 Å². The molecule has 0 nitrogen and oxygen atoms in total. The van der Waals surface area contributed by atoms with E-state index in [9.17, 15) is 0 Å². The van der Waals surface area contributed by atoms with Crippen LogP contribution in [0.5, 0.6) is 0 Å². The zero-order chi connectivity index (χ0) is 22.1. The summed E-state index contributed by atoms with van der Waals surface area (Å²) in [4.78, 5) is 0. The first-order chi connectivity index (χ1) is 14.9. The standard InChI is InChI=1S/C31H40/c1-6-7-19-30(5,26-17-14-25(15-18-26)13-11-23(2)3)29-21-27(16-12-24(29)4)31-20-9-8-10-28(31)22-31/h8-9,12,14-18,21,28H,2,6-7,10-11,13,19-20,22H2,1,3-5H3. The molecule has 0 bridgehead atoms. The molecule has 2 aliphatic carbocycles. The van der Waals surface area contributed by atoms with Gasteiger partial charge >= 0.3 is 0 Å². The Morgan fingerprint density at radius 3 is 2.58 bits per heavy atom. The van der Waals surface area contributed by atoms with E-state index in [1.165, 1.54) is 60.8 Å². The number of unbranched alkanes of at least 4 members (excludes halogenated alkanes) is 1. The van der Waals surface area contributed by atoms with Crippen molar-refractivity contribution < 1.29 is 0 Å². The Kier molecular flexibility index (Phi) is 6.29. The van der Waals surface area contributed by atoms with E-state index >= 15 is 0 Å². The molecule has 0 spiro atoms. The highest BCUT2D eigenvalue weighted by atomic mass is 14.6. The summed E-state index contributed by atoms with van der Waals surface area (Å²) in [5, 5.41) is 0. The number of rotatable bonds is 9. The molecule has 4 rings (SSSR count). The van der Waals surface area contributed by atoms with Gasteiger partial charge in [-0.05, 0) is 86.1 Å². The van der Waals surface area contributed by atoms with Crippen LogP contribution in [0.25, 0.3) is 0 Å². The molecule has 0 radical (unpaired) electrons. The maximum Gasteiger partial charge on any atom is 0.0177 e. The summed E-state index contributed by atoms with van der Waals surface area (Å²) in [6.45, 7) is 13.3. The first-order valence-electron chi connectivity index (χ1n) is 12.4. The van der Waals surface area contributed by atoms with Crippen LogP contribution in [-0.2, 0) is 17.3 Å². The second kappa shape index (κ2) is 8.81. The summed E-state index contributed by atoms with van der Waals surface area (Å²) in [5.74, 6) is 0.863. The van der Waals surface area contributed by atoms with Gasteiger partial charge in [0.15, 0.2) is 0 Å². The number of fused-ring (bicyclic) bond motifs is 1. The molecule has 2 aliphatic rings. The highest BCUT2D eigenvalue weighted by molar-refractivity contribution is 5.49. The monoisotopic (exact) mass is 412 g/mol. The van der Waals surface area contributed by atoms with Gasteiger partial charge in [-0.3, -0.25) is 0 Å². The van der Waals surface area contributed by atoms with Crippen LogP contribution in [0.4, 0.5) is 0 Å². The minimum Gasteiger partial charge on any atom is -0.100 e. The SMILES string of the molecule is C=C(C)CCc1ccc(C(C)(CCCC)c2cc(C34CC=CCC3C4)ccc2C)cc1. The Hall–Kier alpha value is -2.08. The highest BCUT2D eigenvalue weighted by Gasteiger charge is 2.54. The molecule has 2 aromatic rings. The van der Waals surface area contributed by atoms with Crippen molar-refractivity contribution in [3.8, 4) is 0 Å². The fourth-order valence-electron chi connectivity index (χ4n) is 5.85. The van der Waals surface area contributed by atoms with Crippen LogP contribution < -0.4 is 0 Å². The third-order valence-electron chi connectivity index (χ3n) is 8.17. The molecule has 0 heterocycles. The summed E-state index contributed by atoms with van der Waals surface area (Å²) < 4.78 is 0. The van der Waals surface area contributed by atoms with E-state index in [2.05, 4.69) is 88.9 Å². The molecule has 3 unspecified atom stereocenters. The van der Waals surface area contributed by atoms with Gasteiger partial charge in [0.2, 0.25) is 0 Å². The quantitative estimate of drug-likeness (QED) is 0.362. The molecular weight excluding hydrogens is 372 g/mol. The lowest BCUT2D eigenvalue weighted by atomic mass is 9.70. The van der Waals surface area contributed by atoms with Crippen LogP contribution in [0.1, 0.15) is 93.5 Å². The van der Waals surface area contributed by atoms with Crippen molar-refractivity contribution in [1.82, 2.24) is 0 Å². The van der Waals surface area contributed by atoms with Crippen molar-refractivity contribution >= 4 is 0 Å². The van der Waals surface area contributed by atoms with Gasteiger partial charge in [0.25, 0.3) is 0 Å². The topological polar surface area (TPSA) is 0 Å². The lowest BCUT2D eigenvalue weighted by molar-refractivity contribution is 0.488. The van der Waals surface area contributed by atoms with Gasteiger partial charge in [0.05, 0.1) is 0 Å². The van der Waals surface area contributed by atoms with E-state index in [0.717, 1.165) is 18.8 Å². The lowest BCUT2D eigenvalue weighted by Gasteiger charge is -2.34. The minimum atomic E-state index is 0.0640. The van der Waals surface area contributed by atoms with Gasteiger partial charge in [0, 0.05) is 10.8 Å². The second-order valence-corrected chi connectivity index (χ2v) is 10.6. The third kappa shape index (κ3) is 4.32. The predicted octanol–water partition coefficient (Wildman–Crippen LogP) is 8.61. The van der Waals surface area contributed by atoms with Gasteiger partial charge in [0.1, 0.15) is 0 Å². The Morgan fingerprint density at radius 2 is 1.90 bits per heavy atom. The van der Waals surface area contributed by atoms with Gasteiger partial charge in [-0.15, -0.1) is 6.58 Å².